The Morgan fingerprint density at radius 2 is 1.88 bits per heavy atom. The zero-order valence-electron chi connectivity index (χ0n) is 14.9. The van der Waals surface area contributed by atoms with E-state index in [0.717, 1.165) is 34.7 Å². The first-order valence-corrected chi connectivity index (χ1v) is 9.25. The summed E-state index contributed by atoms with van der Waals surface area (Å²) in [6.07, 6.45) is 2.10. The number of hydrogen-bond acceptors (Lipinski definition) is 5. The minimum Gasteiger partial charge on any atom is -0.497 e. The fraction of sp³-hybridized carbons (Fsp3) is 0.368. The Morgan fingerprint density at radius 3 is 2.50 bits per heavy atom. The molecule has 1 aliphatic rings. The second kappa shape index (κ2) is 8.40. The molecule has 1 saturated heterocycles. The van der Waals surface area contributed by atoms with Crippen molar-refractivity contribution in [3.63, 3.8) is 0 Å². The monoisotopic (exact) mass is 419 g/mol. The molecule has 1 amide bonds. The SMILES string of the molecule is COc1ccc(OC)c(CC(=O)N2CCN(c3ccc(Br)cn3)CC2)c1. The number of amides is 1. The van der Waals surface area contributed by atoms with Gasteiger partial charge in [-0.25, -0.2) is 4.98 Å². The molecule has 138 valence electrons. The fourth-order valence-electron chi connectivity index (χ4n) is 3.03. The number of rotatable bonds is 5. The lowest BCUT2D eigenvalue weighted by atomic mass is 10.1. The van der Waals surface area contributed by atoms with E-state index in [2.05, 4.69) is 25.8 Å². The summed E-state index contributed by atoms with van der Waals surface area (Å²) < 4.78 is 11.6. The van der Waals surface area contributed by atoms with E-state index < -0.39 is 0 Å². The molecular formula is C19H22BrN3O3. The average molecular weight is 420 g/mol. The zero-order valence-corrected chi connectivity index (χ0v) is 16.5. The lowest BCUT2D eigenvalue weighted by Gasteiger charge is -2.35. The maximum atomic E-state index is 12.7. The molecule has 1 aromatic carbocycles. The molecule has 3 rings (SSSR count). The van der Waals surface area contributed by atoms with Crippen LogP contribution in [0.3, 0.4) is 0 Å². The quantitative estimate of drug-likeness (QED) is 0.745. The third kappa shape index (κ3) is 4.27. The van der Waals surface area contributed by atoms with Crippen LogP contribution in [0.2, 0.25) is 0 Å². The van der Waals surface area contributed by atoms with E-state index in [-0.39, 0.29) is 5.91 Å². The van der Waals surface area contributed by atoms with E-state index in [9.17, 15) is 4.79 Å². The number of piperazine rings is 1. The topological polar surface area (TPSA) is 54.9 Å². The van der Waals surface area contributed by atoms with Gasteiger partial charge in [-0.3, -0.25) is 4.79 Å². The Kier molecular flexibility index (Phi) is 5.98. The lowest BCUT2D eigenvalue weighted by molar-refractivity contribution is -0.130. The number of benzene rings is 1. The van der Waals surface area contributed by atoms with Gasteiger partial charge in [0, 0.05) is 42.4 Å². The first-order chi connectivity index (χ1) is 12.6. The highest BCUT2D eigenvalue weighted by Crippen LogP contribution is 2.25. The molecule has 7 heteroatoms. The van der Waals surface area contributed by atoms with Gasteiger partial charge in [0.15, 0.2) is 0 Å². The first-order valence-electron chi connectivity index (χ1n) is 8.46. The number of ether oxygens (including phenoxy) is 2. The number of anilines is 1. The van der Waals surface area contributed by atoms with Crippen LogP contribution in [0.1, 0.15) is 5.56 Å². The van der Waals surface area contributed by atoms with Crippen molar-refractivity contribution in [3.05, 3.63) is 46.6 Å². The van der Waals surface area contributed by atoms with Crippen molar-refractivity contribution in [2.75, 3.05) is 45.3 Å². The minimum absolute atomic E-state index is 0.0972. The molecule has 2 aromatic rings. The predicted molar refractivity (Wildman–Crippen MR) is 104 cm³/mol. The Hall–Kier alpha value is -2.28. The van der Waals surface area contributed by atoms with Crippen LogP contribution in [0, 0.1) is 0 Å². The zero-order chi connectivity index (χ0) is 18.5. The van der Waals surface area contributed by atoms with Gasteiger partial charge in [-0.1, -0.05) is 0 Å². The molecule has 1 aromatic heterocycles. The number of nitrogens with zero attached hydrogens (tertiary/aromatic N) is 3. The van der Waals surface area contributed by atoms with Gasteiger partial charge in [0.2, 0.25) is 5.91 Å². The molecule has 0 spiro atoms. The molecule has 1 aliphatic heterocycles. The Labute approximate surface area is 161 Å². The van der Waals surface area contributed by atoms with Gasteiger partial charge in [0.05, 0.1) is 20.6 Å². The molecule has 1 fully saturated rings. The highest BCUT2D eigenvalue weighted by Gasteiger charge is 2.23. The third-order valence-electron chi connectivity index (χ3n) is 4.50. The highest BCUT2D eigenvalue weighted by molar-refractivity contribution is 9.10. The summed E-state index contributed by atoms with van der Waals surface area (Å²) >= 11 is 3.40. The summed E-state index contributed by atoms with van der Waals surface area (Å²) in [4.78, 5) is 21.2. The highest BCUT2D eigenvalue weighted by atomic mass is 79.9. The molecule has 0 aliphatic carbocycles. The number of hydrogen-bond donors (Lipinski definition) is 0. The maximum absolute atomic E-state index is 12.7. The van der Waals surface area contributed by atoms with E-state index in [1.165, 1.54) is 0 Å². The summed E-state index contributed by atoms with van der Waals surface area (Å²) in [5.74, 6) is 2.46. The number of aromatic nitrogens is 1. The summed E-state index contributed by atoms with van der Waals surface area (Å²) in [5.41, 5.74) is 0.842. The van der Waals surface area contributed by atoms with E-state index >= 15 is 0 Å². The van der Waals surface area contributed by atoms with Gasteiger partial charge in [-0.05, 0) is 46.3 Å². The normalized spacial score (nSPS) is 14.3. The van der Waals surface area contributed by atoms with Crippen molar-refractivity contribution in [3.8, 4) is 11.5 Å². The van der Waals surface area contributed by atoms with Crippen LogP contribution in [0.15, 0.2) is 41.0 Å². The molecule has 0 saturated carbocycles. The smallest absolute Gasteiger partial charge is 0.227 e. The number of carbonyl (C=O) groups is 1. The number of pyridine rings is 1. The van der Waals surface area contributed by atoms with E-state index in [1.807, 2.05) is 35.2 Å². The lowest BCUT2D eigenvalue weighted by Crippen LogP contribution is -2.49. The van der Waals surface area contributed by atoms with Crippen molar-refractivity contribution in [2.45, 2.75) is 6.42 Å². The van der Waals surface area contributed by atoms with Crippen LogP contribution in [0.4, 0.5) is 5.82 Å². The molecule has 0 N–H and O–H groups in total. The van der Waals surface area contributed by atoms with Crippen molar-refractivity contribution in [2.24, 2.45) is 0 Å². The maximum Gasteiger partial charge on any atom is 0.227 e. The van der Waals surface area contributed by atoms with Gasteiger partial charge in [0.1, 0.15) is 17.3 Å². The van der Waals surface area contributed by atoms with Gasteiger partial charge >= 0.3 is 0 Å². The van der Waals surface area contributed by atoms with Gasteiger partial charge < -0.3 is 19.3 Å². The molecule has 0 atom stereocenters. The van der Waals surface area contributed by atoms with Crippen LogP contribution in [0.25, 0.3) is 0 Å². The average Bonchev–Trinajstić information content (AvgIpc) is 2.68. The van der Waals surface area contributed by atoms with Crippen molar-refractivity contribution < 1.29 is 14.3 Å². The van der Waals surface area contributed by atoms with E-state index in [1.54, 1.807) is 20.4 Å². The standard InChI is InChI=1S/C19H22BrN3O3/c1-25-16-4-5-17(26-2)14(11-16)12-19(24)23-9-7-22(8-10-23)18-6-3-15(20)13-21-18/h3-6,11,13H,7-10,12H2,1-2H3. The van der Waals surface area contributed by atoms with Crippen LogP contribution >= 0.6 is 15.9 Å². The van der Waals surface area contributed by atoms with Crippen molar-refractivity contribution in [1.29, 1.82) is 0 Å². The summed E-state index contributed by atoms with van der Waals surface area (Å²) in [5, 5.41) is 0. The molecule has 2 heterocycles. The minimum atomic E-state index is 0.0972. The number of methoxy groups -OCH3 is 2. The van der Waals surface area contributed by atoms with Crippen LogP contribution < -0.4 is 14.4 Å². The first kappa shape index (κ1) is 18.5. The van der Waals surface area contributed by atoms with Crippen LogP contribution in [-0.2, 0) is 11.2 Å². The summed E-state index contributed by atoms with van der Waals surface area (Å²) in [6, 6.07) is 9.49. The number of carbonyl (C=O) groups excluding carboxylic acids is 1. The third-order valence-corrected chi connectivity index (χ3v) is 4.97. The molecule has 0 bridgehead atoms. The second-order valence-corrected chi connectivity index (χ2v) is 6.97. The van der Waals surface area contributed by atoms with E-state index in [0.29, 0.717) is 25.3 Å². The van der Waals surface area contributed by atoms with Gasteiger partial charge in [0.25, 0.3) is 0 Å². The molecular weight excluding hydrogens is 398 g/mol. The molecule has 26 heavy (non-hydrogen) atoms. The number of halogens is 1. The van der Waals surface area contributed by atoms with Crippen LogP contribution in [0.5, 0.6) is 11.5 Å². The Balaban J connectivity index is 1.61. The van der Waals surface area contributed by atoms with Crippen molar-refractivity contribution in [1.82, 2.24) is 9.88 Å². The van der Waals surface area contributed by atoms with Gasteiger partial charge in [-0.2, -0.15) is 0 Å². The summed E-state index contributed by atoms with van der Waals surface area (Å²) in [6.45, 7) is 2.91. The Bertz CT molecular complexity index is 759. The van der Waals surface area contributed by atoms with Crippen molar-refractivity contribution >= 4 is 27.7 Å². The second-order valence-electron chi connectivity index (χ2n) is 6.06. The molecule has 0 unspecified atom stereocenters. The largest absolute Gasteiger partial charge is 0.497 e. The Morgan fingerprint density at radius 1 is 1.12 bits per heavy atom. The molecule has 0 radical (unpaired) electrons. The predicted octanol–water partition coefficient (Wildman–Crippen LogP) is 2.75. The molecule has 6 nitrogen and oxygen atoms in total. The van der Waals surface area contributed by atoms with Crippen LogP contribution in [-0.4, -0.2) is 56.2 Å². The summed E-state index contributed by atoms with van der Waals surface area (Å²) in [7, 11) is 3.22. The van der Waals surface area contributed by atoms with Gasteiger partial charge in [-0.15, -0.1) is 0 Å². The van der Waals surface area contributed by atoms with E-state index in [4.69, 9.17) is 9.47 Å². The fourth-order valence-corrected chi connectivity index (χ4v) is 3.27.